The van der Waals surface area contributed by atoms with Crippen LogP contribution in [-0.2, 0) is 14.3 Å². The van der Waals surface area contributed by atoms with E-state index in [0.717, 1.165) is 12.8 Å². The van der Waals surface area contributed by atoms with Gasteiger partial charge in [-0.3, -0.25) is 9.59 Å². The van der Waals surface area contributed by atoms with Crippen molar-refractivity contribution in [2.75, 3.05) is 39.4 Å². The average Bonchev–Trinajstić information content (AvgIpc) is 3.05. The zero-order valence-corrected chi connectivity index (χ0v) is 15.8. The van der Waals surface area contributed by atoms with Gasteiger partial charge in [0.25, 0.3) is 0 Å². The number of piperazine rings is 1. The molecule has 7 nitrogen and oxygen atoms in total. The number of rotatable bonds is 3. The molecule has 0 aromatic heterocycles. The average molecular weight is 408 g/mol. The number of hydrogen-bond donors (Lipinski definition) is 0. The van der Waals surface area contributed by atoms with Crippen molar-refractivity contribution in [2.24, 2.45) is 5.92 Å². The Kier molecular flexibility index (Phi) is 5.40. The molecule has 3 aliphatic rings. The van der Waals surface area contributed by atoms with E-state index >= 15 is 0 Å². The summed E-state index contributed by atoms with van der Waals surface area (Å²) >= 11 is 0. The molecule has 1 aromatic rings. The van der Waals surface area contributed by atoms with Crippen LogP contribution in [0.4, 0.5) is 8.78 Å². The first kappa shape index (κ1) is 19.6. The maximum Gasteiger partial charge on any atom is 0.586 e. The van der Waals surface area contributed by atoms with Crippen LogP contribution in [0, 0.1) is 5.92 Å². The van der Waals surface area contributed by atoms with E-state index in [4.69, 9.17) is 4.74 Å². The standard InChI is InChI=1S/C20H22F2N2O5/c21-20(22)28-16-3-1-14(13-17(16)29-20)2-4-18(25)23-7-9-24(10-8-23)19(26)15-5-11-27-12-6-15/h1-4,13,15H,5-12H2/b4-2+. The zero-order valence-electron chi connectivity index (χ0n) is 15.8. The van der Waals surface area contributed by atoms with Gasteiger partial charge in [-0.15, -0.1) is 8.78 Å². The zero-order chi connectivity index (χ0) is 20.4. The lowest BCUT2D eigenvalue weighted by Crippen LogP contribution is -2.52. The summed E-state index contributed by atoms with van der Waals surface area (Å²) in [4.78, 5) is 28.5. The van der Waals surface area contributed by atoms with E-state index in [1.807, 2.05) is 4.90 Å². The highest BCUT2D eigenvalue weighted by atomic mass is 19.3. The monoisotopic (exact) mass is 408 g/mol. The molecule has 0 N–H and O–H groups in total. The number of hydrogen-bond acceptors (Lipinski definition) is 5. The van der Waals surface area contributed by atoms with E-state index in [9.17, 15) is 18.4 Å². The lowest BCUT2D eigenvalue weighted by molar-refractivity contribution is -0.286. The van der Waals surface area contributed by atoms with E-state index in [1.165, 1.54) is 18.2 Å². The van der Waals surface area contributed by atoms with Crippen LogP contribution in [-0.4, -0.2) is 67.3 Å². The summed E-state index contributed by atoms with van der Waals surface area (Å²) in [5, 5.41) is 0. The third kappa shape index (κ3) is 4.50. The van der Waals surface area contributed by atoms with E-state index < -0.39 is 6.29 Å². The topological polar surface area (TPSA) is 68.3 Å². The van der Waals surface area contributed by atoms with Gasteiger partial charge in [0, 0.05) is 51.4 Å². The highest BCUT2D eigenvalue weighted by molar-refractivity contribution is 5.92. The number of benzene rings is 1. The number of alkyl halides is 2. The quantitative estimate of drug-likeness (QED) is 0.717. The smallest absolute Gasteiger partial charge is 0.395 e. The molecule has 9 heteroatoms. The lowest BCUT2D eigenvalue weighted by Gasteiger charge is -2.36. The van der Waals surface area contributed by atoms with Crippen molar-refractivity contribution in [1.82, 2.24) is 9.80 Å². The lowest BCUT2D eigenvalue weighted by atomic mass is 9.98. The Bertz CT molecular complexity index is 815. The van der Waals surface area contributed by atoms with Crippen molar-refractivity contribution in [3.63, 3.8) is 0 Å². The first-order valence-electron chi connectivity index (χ1n) is 9.65. The third-order valence-corrected chi connectivity index (χ3v) is 5.32. The van der Waals surface area contributed by atoms with Crippen LogP contribution in [0.2, 0.25) is 0 Å². The fourth-order valence-corrected chi connectivity index (χ4v) is 3.69. The molecular weight excluding hydrogens is 386 g/mol. The molecule has 2 fully saturated rings. The van der Waals surface area contributed by atoms with Crippen molar-refractivity contribution in [3.8, 4) is 11.5 Å². The molecule has 2 saturated heterocycles. The van der Waals surface area contributed by atoms with Gasteiger partial charge in [0.05, 0.1) is 0 Å². The van der Waals surface area contributed by atoms with Gasteiger partial charge in [0.15, 0.2) is 11.5 Å². The van der Waals surface area contributed by atoms with Crippen LogP contribution in [0.25, 0.3) is 6.08 Å². The number of ether oxygens (including phenoxy) is 3. The molecule has 4 rings (SSSR count). The highest BCUT2D eigenvalue weighted by Crippen LogP contribution is 2.41. The van der Waals surface area contributed by atoms with Crippen LogP contribution in [0.15, 0.2) is 24.3 Å². The fourth-order valence-electron chi connectivity index (χ4n) is 3.69. The van der Waals surface area contributed by atoms with Crippen molar-refractivity contribution >= 4 is 17.9 Å². The van der Waals surface area contributed by atoms with Crippen LogP contribution in [0.1, 0.15) is 18.4 Å². The maximum absolute atomic E-state index is 13.1. The predicted molar refractivity (Wildman–Crippen MR) is 98.4 cm³/mol. The van der Waals surface area contributed by atoms with Gasteiger partial charge in [-0.05, 0) is 36.6 Å². The van der Waals surface area contributed by atoms with Crippen molar-refractivity contribution in [1.29, 1.82) is 0 Å². The summed E-state index contributed by atoms with van der Waals surface area (Å²) in [6.07, 6.45) is 0.778. The minimum atomic E-state index is -3.66. The summed E-state index contributed by atoms with van der Waals surface area (Å²) in [6, 6.07) is 4.34. The number of nitrogens with zero attached hydrogens (tertiary/aromatic N) is 2. The van der Waals surface area contributed by atoms with Crippen LogP contribution >= 0.6 is 0 Å². The Morgan fingerprint density at radius 3 is 2.38 bits per heavy atom. The summed E-state index contributed by atoms with van der Waals surface area (Å²) in [6.45, 7) is 3.19. The number of amides is 2. The molecule has 0 aliphatic carbocycles. The van der Waals surface area contributed by atoms with Crippen molar-refractivity contribution < 1.29 is 32.6 Å². The summed E-state index contributed by atoms with van der Waals surface area (Å²) in [7, 11) is 0. The minimum absolute atomic E-state index is 0.0179. The number of fused-ring (bicyclic) bond motifs is 1. The van der Waals surface area contributed by atoms with Crippen molar-refractivity contribution in [2.45, 2.75) is 19.1 Å². The maximum atomic E-state index is 13.1. The third-order valence-electron chi connectivity index (χ3n) is 5.32. The molecule has 1 aromatic carbocycles. The molecule has 2 amide bonds. The molecule has 0 spiro atoms. The molecule has 0 unspecified atom stereocenters. The Morgan fingerprint density at radius 2 is 1.66 bits per heavy atom. The second-order valence-electron chi connectivity index (χ2n) is 7.24. The van der Waals surface area contributed by atoms with Gasteiger partial charge >= 0.3 is 6.29 Å². The SMILES string of the molecule is O=C(/C=C/c1ccc2c(c1)OC(F)(F)O2)N1CCN(C(=O)C2CCOCC2)CC1. The Morgan fingerprint density at radius 1 is 1.00 bits per heavy atom. The second kappa shape index (κ2) is 7.98. The predicted octanol–water partition coefficient (Wildman–Crippen LogP) is 2.12. The van der Waals surface area contributed by atoms with Gasteiger partial charge in [-0.1, -0.05) is 6.07 Å². The van der Waals surface area contributed by atoms with Crippen LogP contribution in [0.3, 0.4) is 0 Å². The summed E-state index contributed by atoms with van der Waals surface area (Å²) in [5.74, 6) is -0.128. The fraction of sp³-hybridized carbons (Fsp3) is 0.500. The van der Waals surface area contributed by atoms with Gasteiger partial charge in [-0.2, -0.15) is 0 Å². The Balaban J connectivity index is 1.29. The molecule has 0 bridgehead atoms. The summed E-state index contributed by atoms with van der Waals surface area (Å²) < 4.78 is 40.2. The molecule has 156 valence electrons. The van der Waals surface area contributed by atoms with E-state index in [0.29, 0.717) is 45.0 Å². The number of halogens is 2. The molecular formula is C20H22F2N2O5. The number of carbonyl (C=O) groups is 2. The molecule has 0 radical (unpaired) electrons. The summed E-state index contributed by atoms with van der Waals surface area (Å²) in [5.41, 5.74) is 0.548. The van der Waals surface area contributed by atoms with Crippen LogP contribution < -0.4 is 9.47 Å². The first-order valence-corrected chi connectivity index (χ1v) is 9.65. The van der Waals surface area contributed by atoms with E-state index in [-0.39, 0.29) is 29.2 Å². The Hall–Kier alpha value is -2.68. The van der Waals surface area contributed by atoms with Gasteiger partial charge in [-0.25, -0.2) is 0 Å². The largest absolute Gasteiger partial charge is 0.586 e. The highest BCUT2D eigenvalue weighted by Gasteiger charge is 2.43. The van der Waals surface area contributed by atoms with Crippen molar-refractivity contribution in [3.05, 3.63) is 29.8 Å². The molecule has 3 heterocycles. The molecule has 0 atom stereocenters. The normalized spacial score (nSPS) is 21.6. The molecule has 29 heavy (non-hydrogen) atoms. The van der Waals surface area contributed by atoms with Gasteiger partial charge < -0.3 is 24.0 Å². The number of carbonyl (C=O) groups excluding carboxylic acids is 2. The van der Waals surface area contributed by atoms with Gasteiger partial charge in [0.2, 0.25) is 11.8 Å². The molecule has 3 aliphatic heterocycles. The van der Waals surface area contributed by atoms with Crippen LogP contribution in [0.5, 0.6) is 11.5 Å². The van der Waals surface area contributed by atoms with E-state index in [2.05, 4.69) is 9.47 Å². The van der Waals surface area contributed by atoms with E-state index in [1.54, 1.807) is 17.0 Å². The Labute approximate surface area is 166 Å². The van der Waals surface area contributed by atoms with Gasteiger partial charge in [0.1, 0.15) is 0 Å². The second-order valence-corrected chi connectivity index (χ2v) is 7.24. The molecule has 0 saturated carbocycles. The first-order chi connectivity index (χ1) is 13.9. The minimum Gasteiger partial charge on any atom is -0.395 e.